The van der Waals surface area contributed by atoms with E-state index in [9.17, 15) is 4.79 Å². The summed E-state index contributed by atoms with van der Waals surface area (Å²) in [4.78, 5) is 10.0. The Bertz CT molecular complexity index is 125. The van der Waals surface area contributed by atoms with Gasteiger partial charge in [0, 0.05) is 6.92 Å². The molecular formula is C5H7NO2. The number of ether oxygens (including phenoxy) is 1. The molecule has 0 spiro atoms. The smallest absolute Gasteiger partial charge is 0.303 e. The van der Waals surface area contributed by atoms with Crippen molar-refractivity contribution in [3.8, 4) is 6.07 Å². The lowest BCUT2D eigenvalue weighted by Crippen LogP contribution is -2.08. The largest absolute Gasteiger partial charge is 0.447 e. The minimum absolute atomic E-state index is 0.418. The number of nitrogens with zero attached hydrogens (tertiary/aromatic N) is 1. The normalized spacial score (nSPS) is 11.6. The van der Waals surface area contributed by atoms with E-state index in [2.05, 4.69) is 4.74 Å². The number of esters is 1. The first-order chi connectivity index (χ1) is 3.66. The first-order valence-corrected chi connectivity index (χ1v) is 2.23. The zero-order chi connectivity index (χ0) is 6.57. The van der Waals surface area contributed by atoms with E-state index in [0.717, 1.165) is 0 Å². The predicted octanol–water partition coefficient (Wildman–Crippen LogP) is 0.462. The highest BCUT2D eigenvalue weighted by atomic mass is 16.5. The lowest BCUT2D eigenvalue weighted by molar-refractivity contribution is -0.143. The lowest BCUT2D eigenvalue weighted by atomic mass is 10.5. The minimum Gasteiger partial charge on any atom is -0.447 e. The third-order valence-electron chi connectivity index (χ3n) is 0.525. The Morgan fingerprint density at radius 2 is 2.38 bits per heavy atom. The van der Waals surface area contributed by atoms with Gasteiger partial charge in [0.25, 0.3) is 0 Å². The van der Waals surface area contributed by atoms with Crippen LogP contribution in [0.4, 0.5) is 0 Å². The summed E-state index contributed by atoms with van der Waals surface area (Å²) in [6.07, 6.45) is -0.618. The maximum Gasteiger partial charge on any atom is 0.303 e. The molecule has 0 aliphatic rings. The van der Waals surface area contributed by atoms with Crippen LogP contribution in [-0.2, 0) is 9.53 Å². The van der Waals surface area contributed by atoms with Gasteiger partial charge in [0.05, 0.1) is 0 Å². The molecule has 0 saturated heterocycles. The average Bonchev–Trinajstić information content (AvgIpc) is 1.65. The van der Waals surface area contributed by atoms with Crippen LogP contribution in [0.1, 0.15) is 13.8 Å². The number of carbonyl (C=O) groups is 1. The quantitative estimate of drug-likeness (QED) is 0.464. The van der Waals surface area contributed by atoms with E-state index in [0.29, 0.717) is 0 Å². The van der Waals surface area contributed by atoms with Crippen LogP contribution >= 0.6 is 0 Å². The lowest BCUT2D eigenvalue weighted by Gasteiger charge is -1.99. The topological polar surface area (TPSA) is 50.1 Å². The van der Waals surface area contributed by atoms with Gasteiger partial charge in [0.1, 0.15) is 6.07 Å². The first-order valence-electron chi connectivity index (χ1n) is 2.23. The maximum absolute atomic E-state index is 10.0. The Morgan fingerprint density at radius 1 is 1.88 bits per heavy atom. The highest BCUT2D eigenvalue weighted by Crippen LogP contribution is 1.86. The summed E-state index contributed by atoms with van der Waals surface area (Å²) in [5.41, 5.74) is 0. The molecule has 0 aromatic carbocycles. The van der Waals surface area contributed by atoms with Gasteiger partial charge in [-0.05, 0) is 6.92 Å². The van der Waals surface area contributed by atoms with Crippen LogP contribution in [0.15, 0.2) is 0 Å². The molecule has 0 aliphatic heterocycles. The Kier molecular flexibility index (Phi) is 2.63. The second-order valence-corrected chi connectivity index (χ2v) is 1.38. The van der Waals surface area contributed by atoms with Crippen molar-refractivity contribution >= 4 is 5.97 Å². The van der Waals surface area contributed by atoms with Crippen molar-refractivity contribution in [3.63, 3.8) is 0 Å². The summed E-state index contributed by atoms with van der Waals surface area (Å²) in [6, 6.07) is 1.75. The van der Waals surface area contributed by atoms with Crippen molar-refractivity contribution in [2.45, 2.75) is 20.0 Å². The molecule has 0 fully saturated rings. The van der Waals surface area contributed by atoms with Gasteiger partial charge < -0.3 is 4.74 Å². The molecule has 0 aromatic rings. The van der Waals surface area contributed by atoms with Gasteiger partial charge in [-0.15, -0.1) is 0 Å². The third kappa shape index (κ3) is 3.16. The molecule has 0 aliphatic carbocycles. The second-order valence-electron chi connectivity index (χ2n) is 1.38. The third-order valence-corrected chi connectivity index (χ3v) is 0.525. The number of carbonyl (C=O) groups excluding carboxylic acids is 1. The van der Waals surface area contributed by atoms with E-state index in [1.54, 1.807) is 6.07 Å². The SMILES string of the molecule is CC(=O)O[C@H](C)C#N. The van der Waals surface area contributed by atoms with E-state index in [-0.39, 0.29) is 0 Å². The van der Waals surface area contributed by atoms with Crippen LogP contribution in [-0.4, -0.2) is 12.1 Å². The molecule has 0 bridgehead atoms. The minimum atomic E-state index is -0.618. The Labute approximate surface area is 47.9 Å². The number of nitriles is 1. The fraction of sp³-hybridized carbons (Fsp3) is 0.600. The van der Waals surface area contributed by atoms with Gasteiger partial charge in [-0.25, -0.2) is 0 Å². The van der Waals surface area contributed by atoms with E-state index in [4.69, 9.17) is 5.26 Å². The standard InChI is InChI=1S/C5H7NO2/c1-4(3-6)8-5(2)7/h4H,1-2H3/t4-/m1/s1. The summed E-state index contributed by atoms with van der Waals surface area (Å²) >= 11 is 0. The summed E-state index contributed by atoms with van der Waals surface area (Å²) in [6.45, 7) is 2.79. The van der Waals surface area contributed by atoms with Crippen molar-refractivity contribution in [1.29, 1.82) is 5.26 Å². The molecule has 0 rings (SSSR count). The molecule has 0 aromatic heterocycles. The van der Waals surface area contributed by atoms with Crippen LogP contribution in [0.5, 0.6) is 0 Å². The zero-order valence-corrected chi connectivity index (χ0v) is 4.84. The Balaban J connectivity index is 3.43. The second kappa shape index (κ2) is 3.03. The fourth-order valence-electron chi connectivity index (χ4n) is 0.275. The van der Waals surface area contributed by atoms with Crippen molar-refractivity contribution in [2.24, 2.45) is 0 Å². The Morgan fingerprint density at radius 3 is 2.50 bits per heavy atom. The van der Waals surface area contributed by atoms with Gasteiger partial charge in [0.2, 0.25) is 0 Å². The summed E-state index contributed by atoms with van der Waals surface area (Å²) in [5, 5.41) is 8.06. The van der Waals surface area contributed by atoms with Crippen LogP contribution in [0.2, 0.25) is 0 Å². The molecule has 1 atom stereocenters. The van der Waals surface area contributed by atoms with Crippen molar-refractivity contribution in [1.82, 2.24) is 0 Å². The highest BCUT2D eigenvalue weighted by molar-refractivity contribution is 5.66. The number of rotatable bonds is 1. The Hall–Kier alpha value is -1.04. The van der Waals surface area contributed by atoms with Gasteiger partial charge in [-0.1, -0.05) is 0 Å². The van der Waals surface area contributed by atoms with Gasteiger partial charge >= 0.3 is 5.97 Å². The molecule has 0 N–H and O–H groups in total. The molecule has 0 amide bonds. The molecule has 3 nitrogen and oxygen atoms in total. The van der Waals surface area contributed by atoms with Crippen molar-refractivity contribution in [2.75, 3.05) is 0 Å². The van der Waals surface area contributed by atoms with Gasteiger partial charge in [-0.2, -0.15) is 5.26 Å². The summed E-state index contributed by atoms with van der Waals surface area (Å²) in [5.74, 6) is -0.418. The van der Waals surface area contributed by atoms with E-state index in [1.165, 1.54) is 13.8 Å². The van der Waals surface area contributed by atoms with E-state index >= 15 is 0 Å². The molecule has 44 valence electrons. The zero-order valence-electron chi connectivity index (χ0n) is 4.84. The number of hydrogen-bond acceptors (Lipinski definition) is 3. The van der Waals surface area contributed by atoms with E-state index in [1.807, 2.05) is 0 Å². The monoisotopic (exact) mass is 113 g/mol. The molecular weight excluding hydrogens is 106 g/mol. The van der Waals surface area contributed by atoms with Crippen LogP contribution < -0.4 is 0 Å². The van der Waals surface area contributed by atoms with Crippen molar-refractivity contribution < 1.29 is 9.53 Å². The van der Waals surface area contributed by atoms with Gasteiger partial charge in [0.15, 0.2) is 6.10 Å². The highest BCUT2D eigenvalue weighted by Gasteiger charge is 1.99. The first kappa shape index (κ1) is 6.96. The van der Waals surface area contributed by atoms with Crippen LogP contribution in [0.3, 0.4) is 0 Å². The average molecular weight is 113 g/mol. The fourth-order valence-corrected chi connectivity index (χ4v) is 0.275. The molecule has 0 radical (unpaired) electrons. The van der Waals surface area contributed by atoms with Crippen LogP contribution in [0, 0.1) is 11.3 Å². The van der Waals surface area contributed by atoms with E-state index < -0.39 is 12.1 Å². The van der Waals surface area contributed by atoms with Crippen LogP contribution in [0.25, 0.3) is 0 Å². The molecule has 8 heavy (non-hydrogen) atoms. The summed E-state index contributed by atoms with van der Waals surface area (Å²) < 4.78 is 4.40. The molecule has 3 heteroatoms. The molecule has 0 saturated carbocycles. The maximum atomic E-state index is 10.0. The molecule has 0 unspecified atom stereocenters. The number of hydrogen-bond donors (Lipinski definition) is 0. The molecule has 0 heterocycles. The predicted molar refractivity (Wildman–Crippen MR) is 26.8 cm³/mol. The van der Waals surface area contributed by atoms with Crippen molar-refractivity contribution in [3.05, 3.63) is 0 Å². The van der Waals surface area contributed by atoms with Gasteiger partial charge in [-0.3, -0.25) is 4.79 Å². The summed E-state index contributed by atoms with van der Waals surface area (Å²) in [7, 11) is 0.